The van der Waals surface area contributed by atoms with Crippen molar-refractivity contribution in [3.63, 3.8) is 0 Å². The maximum Gasteiger partial charge on any atom is 0.0291 e. The van der Waals surface area contributed by atoms with Crippen molar-refractivity contribution in [3.05, 3.63) is 59.7 Å². The summed E-state index contributed by atoms with van der Waals surface area (Å²) in [6.45, 7) is 7.48. The molecule has 0 saturated heterocycles. The molecule has 2 rings (SSSR count). The van der Waals surface area contributed by atoms with Gasteiger partial charge in [0.25, 0.3) is 0 Å². The lowest BCUT2D eigenvalue weighted by molar-refractivity contribution is 0.598. The summed E-state index contributed by atoms with van der Waals surface area (Å²) in [5.74, 6) is 0. The summed E-state index contributed by atoms with van der Waals surface area (Å²) in [6.07, 6.45) is 0. The van der Waals surface area contributed by atoms with Crippen LogP contribution in [0.5, 0.6) is 0 Å². The molecule has 0 aliphatic rings. The Morgan fingerprint density at radius 2 is 1.67 bits per heavy atom. The van der Waals surface area contributed by atoms with Crippen molar-refractivity contribution in [3.8, 4) is 11.1 Å². The SMILES string of the molecule is CCNC(C)c1cccc(-c2cccc(C)c2)c1. The summed E-state index contributed by atoms with van der Waals surface area (Å²) in [7, 11) is 0. The molecule has 1 unspecified atom stereocenters. The van der Waals surface area contributed by atoms with E-state index >= 15 is 0 Å². The summed E-state index contributed by atoms with van der Waals surface area (Å²) in [6, 6.07) is 17.8. The molecule has 0 spiro atoms. The molecule has 18 heavy (non-hydrogen) atoms. The molecule has 1 heteroatoms. The summed E-state index contributed by atoms with van der Waals surface area (Å²) in [4.78, 5) is 0. The Labute approximate surface area is 110 Å². The van der Waals surface area contributed by atoms with Crippen molar-refractivity contribution in [1.82, 2.24) is 5.32 Å². The summed E-state index contributed by atoms with van der Waals surface area (Å²) >= 11 is 0. The van der Waals surface area contributed by atoms with Gasteiger partial charge >= 0.3 is 0 Å². The standard InChI is InChI=1S/C17H21N/c1-4-18-14(3)15-8-6-10-17(12-15)16-9-5-7-13(2)11-16/h5-12,14,18H,4H2,1-3H3. The van der Waals surface area contributed by atoms with Crippen LogP contribution in [0.4, 0.5) is 0 Å². The Morgan fingerprint density at radius 1 is 1.00 bits per heavy atom. The fraction of sp³-hybridized carbons (Fsp3) is 0.294. The molecule has 0 bridgehead atoms. The Hall–Kier alpha value is -1.60. The highest BCUT2D eigenvalue weighted by Gasteiger charge is 2.05. The highest BCUT2D eigenvalue weighted by atomic mass is 14.9. The van der Waals surface area contributed by atoms with E-state index in [4.69, 9.17) is 0 Å². The highest BCUT2D eigenvalue weighted by molar-refractivity contribution is 5.65. The van der Waals surface area contributed by atoms with Crippen LogP contribution < -0.4 is 5.32 Å². The lowest BCUT2D eigenvalue weighted by Crippen LogP contribution is -2.17. The van der Waals surface area contributed by atoms with Crippen LogP contribution in [-0.4, -0.2) is 6.54 Å². The van der Waals surface area contributed by atoms with Crippen molar-refractivity contribution < 1.29 is 0 Å². The van der Waals surface area contributed by atoms with Crippen LogP contribution in [0.25, 0.3) is 11.1 Å². The second-order valence-corrected chi connectivity index (χ2v) is 4.77. The van der Waals surface area contributed by atoms with Gasteiger partial charge in [0, 0.05) is 6.04 Å². The first-order valence-electron chi connectivity index (χ1n) is 6.61. The monoisotopic (exact) mass is 239 g/mol. The molecule has 0 amide bonds. The molecular weight excluding hydrogens is 218 g/mol. The van der Waals surface area contributed by atoms with Gasteiger partial charge in [0.2, 0.25) is 0 Å². The van der Waals surface area contributed by atoms with E-state index in [0.717, 1.165) is 6.54 Å². The van der Waals surface area contributed by atoms with Crippen LogP contribution in [0.1, 0.15) is 31.0 Å². The second-order valence-electron chi connectivity index (χ2n) is 4.77. The largest absolute Gasteiger partial charge is 0.310 e. The van der Waals surface area contributed by atoms with E-state index in [-0.39, 0.29) is 0 Å². The lowest BCUT2D eigenvalue weighted by atomic mass is 9.99. The van der Waals surface area contributed by atoms with Gasteiger partial charge in [0.1, 0.15) is 0 Å². The van der Waals surface area contributed by atoms with Gasteiger partial charge in [-0.2, -0.15) is 0 Å². The Kier molecular flexibility index (Phi) is 4.16. The van der Waals surface area contributed by atoms with Crippen LogP contribution in [0.3, 0.4) is 0 Å². The van der Waals surface area contributed by atoms with Gasteiger partial charge in [-0.1, -0.05) is 55.0 Å². The fourth-order valence-corrected chi connectivity index (χ4v) is 2.24. The number of hydrogen-bond acceptors (Lipinski definition) is 1. The topological polar surface area (TPSA) is 12.0 Å². The van der Waals surface area contributed by atoms with Crippen LogP contribution in [0.15, 0.2) is 48.5 Å². The quantitative estimate of drug-likeness (QED) is 0.837. The van der Waals surface area contributed by atoms with Gasteiger partial charge in [-0.05, 0) is 43.1 Å². The second kappa shape index (κ2) is 5.83. The van der Waals surface area contributed by atoms with E-state index in [1.165, 1.54) is 22.3 Å². The van der Waals surface area contributed by atoms with Gasteiger partial charge in [0.05, 0.1) is 0 Å². The van der Waals surface area contributed by atoms with Crippen LogP contribution in [0, 0.1) is 6.92 Å². The normalized spacial score (nSPS) is 12.4. The molecule has 0 aliphatic carbocycles. The number of benzene rings is 2. The minimum atomic E-state index is 0.403. The fourth-order valence-electron chi connectivity index (χ4n) is 2.24. The van der Waals surface area contributed by atoms with Crippen molar-refractivity contribution >= 4 is 0 Å². The third-order valence-electron chi connectivity index (χ3n) is 3.25. The molecule has 2 aromatic rings. The molecule has 1 atom stereocenters. The predicted molar refractivity (Wildman–Crippen MR) is 78.7 cm³/mol. The van der Waals surface area contributed by atoms with Gasteiger partial charge in [0.15, 0.2) is 0 Å². The van der Waals surface area contributed by atoms with Crippen molar-refractivity contribution in [2.45, 2.75) is 26.8 Å². The van der Waals surface area contributed by atoms with Crippen molar-refractivity contribution in [2.24, 2.45) is 0 Å². The first-order chi connectivity index (χ1) is 8.70. The van der Waals surface area contributed by atoms with E-state index < -0.39 is 0 Å². The van der Waals surface area contributed by atoms with Gasteiger partial charge in [-0.15, -0.1) is 0 Å². The average Bonchev–Trinajstić information content (AvgIpc) is 2.39. The minimum absolute atomic E-state index is 0.403. The highest BCUT2D eigenvalue weighted by Crippen LogP contribution is 2.23. The zero-order valence-electron chi connectivity index (χ0n) is 11.4. The maximum atomic E-state index is 3.45. The van der Waals surface area contributed by atoms with Crippen molar-refractivity contribution in [1.29, 1.82) is 0 Å². The summed E-state index contributed by atoms with van der Waals surface area (Å²) in [5, 5.41) is 3.45. The number of nitrogens with one attached hydrogen (secondary N) is 1. The van der Waals surface area contributed by atoms with E-state index in [0.29, 0.717) is 6.04 Å². The molecule has 0 aromatic heterocycles. The molecule has 0 heterocycles. The summed E-state index contributed by atoms with van der Waals surface area (Å²) < 4.78 is 0. The first-order valence-corrected chi connectivity index (χ1v) is 6.61. The Morgan fingerprint density at radius 3 is 2.33 bits per heavy atom. The number of aryl methyl sites for hydroxylation is 1. The predicted octanol–water partition coefficient (Wildman–Crippen LogP) is 4.33. The molecule has 2 aromatic carbocycles. The van der Waals surface area contributed by atoms with E-state index in [1.807, 2.05) is 0 Å². The van der Waals surface area contributed by atoms with Crippen LogP contribution in [-0.2, 0) is 0 Å². The molecule has 1 N–H and O–H groups in total. The summed E-state index contributed by atoms with van der Waals surface area (Å²) in [5.41, 5.74) is 5.23. The molecule has 0 fully saturated rings. The van der Waals surface area contributed by atoms with Gasteiger partial charge in [-0.3, -0.25) is 0 Å². The molecule has 94 valence electrons. The third kappa shape index (κ3) is 2.99. The first kappa shape index (κ1) is 12.8. The molecule has 0 radical (unpaired) electrons. The smallest absolute Gasteiger partial charge is 0.0291 e. The van der Waals surface area contributed by atoms with Gasteiger partial charge in [-0.25, -0.2) is 0 Å². The molecule has 0 aliphatic heterocycles. The Bertz CT molecular complexity index is 517. The Balaban J connectivity index is 2.32. The molecule has 1 nitrogen and oxygen atoms in total. The molecule has 0 saturated carbocycles. The van der Waals surface area contributed by atoms with Crippen molar-refractivity contribution in [2.75, 3.05) is 6.54 Å². The minimum Gasteiger partial charge on any atom is -0.310 e. The third-order valence-corrected chi connectivity index (χ3v) is 3.25. The molecular formula is C17H21N. The van der Waals surface area contributed by atoms with E-state index in [1.54, 1.807) is 0 Å². The number of rotatable bonds is 4. The van der Waals surface area contributed by atoms with Gasteiger partial charge < -0.3 is 5.32 Å². The zero-order valence-corrected chi connectivity index (χ0v) is 11.4. The van der Waals surface area contributed by atoms with Crippen LogP contribution >= 0.6 is 0 Å². The zero-order chi connectivity index (χ0) is 13.0. The number of hydrogen-bond donors (Lipinski definition) is 1. The maximum absolute atomic E-state index is 3.45. The lowest BCUT2D eigenvalue weighted by Gasteiger charge is -2.14. The van der Waals surface area contributed by atoms with Crippen LogP contribution in [0.2, 0.25) is 0 Å². The van der Waals surface area contributed by atoms with E-state index in [2.05, 4.69) is 74.6 Å². The average molecular weight is 239 g/mol. The van der Waals surface area contributed by atoms with E-state index in [9.17, 15) is 0 Å².